The fourth-order valence-corrected chi connectivity index (χ4v) is 1.78. The van der Waals surface area contributed by atoms with Crippen molar-refractivity contribution in [2.75, 3.05) is 7.11 Å². The Labute approximate surface area is 90.4 Å². The van der Waals surface area contributed by atoms with Gasteiger partial charge in [0.2, 0.25) is 0 Å². The van der Waals surface area contributed by atoms with Gasteiger partial charge in [0.05, 0.1) is 18.2 Å². The van der Waals surface area contributed by atoms with Gasteiger partial charge in [-0.15, -0.1) is 0 Å². The monoisotopic (exact) mass is 253 g/mol. The molecule has 0 aliphatic heterocycles. The third-order valence-electron chi connectivity index (χ3n) is 1.81. The highest BCUT2D eigenvalue weighted by atomic mass is 79.9. The topological polar surface area (TPSA) is 50.1 Å². The third-order valence-corrected chi connectivity index (χ3v) is 2.27. The van der Waals surface area contributed by atoms with Crippen molar-refractivity contribution < 1.29 is 9.53 Å². The molecule has 72 valence electrons. The van der Waals surface area contributed by atoms with Gasteiger partial charge >= 0.3 is 5.97 Å². The largest absolute Gasteiger partial charge is 0.465 e. The highest BCUT2D eigenvalue weighted by Gasteiger charge is 2.15. The summed E-state index contributed by atoms with van der Waals surface area (Å²) in [5, 5.41) is 8.83. The van der Waals surface area contributed by atoms with E-state index in [1.807, 2.05) is 6.07 Å². The highest BCUT2D eigenvalue weighted by molar-refractivity contribution is 9.10. The van der Waals surface area contributed by atoms with Crippen LogP contribution in [0.2, 0.25) is 0 Å². The molecule has 1 aromatic carbocycles. The molecule has 0 radical (unpaired) electrons. The molecule has 0 spiro atoms. The van der Waals surface area contributed by atoms with E-state index >= 15 is 0 Å². The molecule has 1 aromatic rings. The number of rotatable bonds is 1. The second-order valence-electron chi connectivity index (χ2n) is 2.75. The maximum atomic E-state index is 11.3. The van der Waals surface area contributed by atoms with Crippen molar-refractivity contribution in [1.29, 1.82) is 5.26 Å². The maximum Gasteiger partial charge on any atom is 0.339 e. The molecule has 0 saturated carbocycles. The van der Waals surface area contributed by atoms with Crippen molar-refractivity contribution in [3.63, 3.8) is 0 Å². The average Bonchev–Trinajstić information content (AvgIpc) is 2.15. The number of nitriles is 1. The lowest BCUT2D eigenvalue weighted by Gasteiger charge is -2.06. The number of ether oxygens (including phenoxy) is 1. The van der Waals surface area contributed by atoms with Crippen LogP contribution in [0, 0.1) is 18.3 Å². The number of hydrogen-bond donors (Lipinski definition) is 0. The number of benzene rings is 1. The van der Waals surface area contributed by atoms with E-state index in [0.717, 1.165) is 10.0 Å². The van der Waals surface area contributed by atoms with E-state index < -0.39 is 5.97 Å². The van der Waals surface area contributed by atoms with E-state index in [1.54, 1.807) is 19.1 Å². The van der Waals surface area contributed by atoms with Crippen LogP contribution in [0.1, 0.15) is 21.5 Å². The van der Waals surface area contributed by atoms with Crippen LogP contribution in [0.3, 0.4) is 0 Å². The molecule has 14 heavy (non-hydrogen) atoms. The second-order valence-corrected chi connectivity index (χ2v) is 3.66. The minimum absolute atomic E-state index is 0.323. The van der Waals surface area contributed by atoms with E-state index in [0.29, 0.717) is 11.1 Å². The summed E-state index contributed by atoms with van der Waals surface area (Å²) < 4.78 is 5.37. The van der Waals surface area contributed by atoms with Gasteiger partial charge in [-0.1, -0.05) is 15.9 Å². The Morgan fingerprint density at radius 1 is 1.57 bits per heavy atom. The lowest BCUT2D eigenvalue weighted by atomic mass is 10.0. The molecule has 4 heteroatoms. The first-order valence-electron chi connectivity index (χ1n) is 3.88. The number of carbonyl (C=O) groups excluding carboxylic acids is 1. The quantitative estimate of drug-likeness (QED) is 0.723. The van der Waals surface area contributed by atoms with Gasteiger partial charge in [0, 0.05) is 4.47 Å². The van der Waals surface area contributed by atoms with Crippen LogP contribution in [0.15, 0.2) is 16.6 Å². The van der Waals surface area contributed by atoms with Gasteiger partial charge in [-0.3, -0.25) is 0 Å². The van der Waals surface area contributed by atoms with Crippen LogP contribution < -0.4 is 0 Å². The van der Waals surface area contributed by atoms with Gasteiger partial charge in [0.25, 0.3) is 0 Å². The molecule has 3 nitrogen and oxygen atoms in total. The van der Waals surface area contributed by atoms with E-state index in [-0.39, 0.29) is 0 Å². The fraction of sp³-hybridized carbons (Fsp3) is 0.200. The number of carbonyl (C=O) groups is 1. The smallest absolute Gasteiger partial charge is 0.339 e. The van der Waals surface area contributed by atoms with E-state index in [4.69, 9.17) is 5.26 Å². The minimum Gasteiger partial charge on any atom is -0.465 e. The highest BCUT2D eigenvalue weighted by Crippen LogP contribution is 2.21. The van der Waals surface area contributed by atoms with Crippen LogP contribution in [0.4, 0.5) is 0 Å². The predicted molar refractivity (Wildman–Crippen MR) is 54.9 cm³/mol. The second kappa shape index (κ2) is 4.25. The van der Waals surface area contributed by atoms with E-state index in [2.05, 4.69) is 20.7 Å². The number of hydrogen-bond acceptors (Lipinski definition) is 3. The number of esters is 1. The first kappa shape index (κ1) is 10.7. The van der Waals surface area contributed by atoms with Crippen LogP contribution in [-0.4, -0.2) is 13.1 Å². The Hall–Kier alpha value is -1.34. The molecule has 0 aliphatic carbocycles. The molecule has 0 amide bonds. The molecule has 0 atom stereocenters. The fourth-order valence-electron chi connectivity index (χ4n) is 1.20. The Bertz CT molecular complexity index is 421. The molecule has 0 heterocycles. The Kier molecular flexibility index (Phi) is 3.26. The zero-order valence-electron chi connectivity index (χ0n) is 7.80. The van der Waals surface area contributed by atoms with Crippen molar-refractivity contribution in [1.82, 2.24) is 0 Å². The number of methoxy groups -OCH3 is 1. The Morgan fingerprint density at radius 2 is 2.21 bits per heavy atom. The summed E-state index contributed by atoms with van der Waals surface area (Å²) in [4.78, 5) is 11.3. The van der Waals surface area contributed by atoms with Crippen molar-refractivity contribution in [3.05, 3.63) is 33.3 Å². The zero-order chi connectivity index (χ0) is 10.7. The molecule has 0 unspecified atom stereocenters. The van der Waals surface area contributed by atoms with Gasteiger partial charge in [0.1, 0.15) is 6.07 Å². The van der Waals surface area contributed by atoms with Gasteiger partial charge < -0.3 is 4.74 Å². The zero-order valence-corrected chi connectivity index (χ0v) is 9.38. The predicted octanol–water partition coefficient (Wildman–Crippen LogP) is 2.42. The van der Waals surface area contributed by atoms with Gasteiger partial charge in [-0.2, -0.15) is 5.26 Å². The summed E-state index contributed by atoms with van der Waals surface area (Å²) in [6, 6.07) is 5.33. The van der Waals surface area contributed by atoms with Crippen LogP contribution >= 0.6 is 15.9 Å². The SMILES string of the molecule is COC(=O)c1c(C)cc(Br)cc1C#N. The molecular formula is C10H8BrNO2. The molecule has 0 fully saturated rings. The summed E-state index contributed by atoms with van der Waals surface area (Å²) >= 11 is 3.26. The molecule has 0 bridgehead atoms. The van der Waals surface area contributed by atoms with Crippen molar-refractivity contribution >= 4 is 21.9 Å². The first-order valence-corrected chi connectivity index (χ1v) is 4.68. The molecule has 0 saturated heterocycles. The molecular weight excluding hydrogens is 246 g/mol. The molecule has 0 aliphatic rings. The van der Waals surface area contributed by atoms with Crippen molar-refractivity contribution in [2.24, 2.45) is 0 Å². The Morgan fingerprint density at radius 3 is 2.71 bits per heavy atom. The standard InChI is InChI=1S/C10H8BrNO2/c1-6-3-8(11)4-7(5-12)9(6)10(13)14-2/h3-4H,1-2H3. The van der Waals surface area contributed by atoms with Crippen molar-refractivity contribution in [2.45, 2.75) is 6.92 Å². The van der Waals surface area contributed by atoms with Gasteiger partial charge in [-0.25, -0.2) is 4.79 Å². The van der Waals surface area contributed by atoms with Crippen LogP contribution in [-0.2, 0) is 4.74 Å². The van der Waals surface area contributed by atoms with Gasteiger partial charge in [0.15, 0.2) is 0 Å². The maximum absolute atomic E-state index is 11.3. The van der Waals surface area contributed by atoms with Crippen LogP contribution in [0.25, 0.3) is 0 Å². The Balaban J connectivity index is 3.42. The molecule has 1 rings (SSSR count). The van der Waals surface area contributed by atoms with Gasteiger partial charge in [-0.05, 0) is 24.6 Å². The first-order chi connectivity index (χ1) is 6.60. The van der Waals surface area contributed by atoms with Crippen molar-refractivity contribution in [3.8, 4) is 6.07 Å². The van der Waals surface area contributed by atoms with E-state index in [9.17, 15) is 4.79 Å². The summed E-state index contributed by atoms with van der Waals surface area (Å²) in [5.41, 5.74) is 1.38. The number of aryl methyl sites for hydroxylation is 1. The van der Waals surface area contributed by atoms with Crippen LogP contribution in [0.5, 0.6) is 0 Å². The lowest BCUT2D eigenvalue weighted by molar-refractivity contribution is 0.0599. The third kappa shape index (κ3) is 1.94. The number of nitrogens with zero attached hydrogens (tertiary/aromatic N) is 1. The minimum atomic E-state index is -0.480. The lowest BCUT2D eigenvalue weighted by Crippen LogP contribution is -2.06. The normalized spacial score (nSPS) is 9.29. The molecule has 0 aromatic heterocycles. The summed E-state index contributed by atoms with van der Waals surface area (Å²) in [6.45, 7) is 1.76. The summed E-state index contributed by atoms with van der Waals surface area (Å²) in [5.74, 6) is -0.480. The average molecular weight is 254 g/mol. The summed E-state index contributed by atoms with van der Waals surface area (Å²) in [7, 11) is 1.30. The molecule has 0 N–H and O–H groups in total. The van der Waals surface area contributed by atoms with E-state index in [1.165, 1.54) is 7.11 Å². The number of halogens is 1. The summed E-state index contributed by atoms with van der Waals surface area (Å²) in [6.07, 6.45) is 0.